The number of nitrogens with zero attached hydrogens (tertiary/aromatic N) is 3. The lowest BCUT2D eigenvalue weighted by Gasteiger charge is -2.15. The van der Waals surface area contributed by atoms with E-state index in [1.807, 2.05) is 0 Å². The topological polar surface area (TPSA) is 81.2 Å². The third-order valence-electron chi connectivity index (χ3n) is 5.52. The minimum absolute atomic E-state index is 0.0274. The van der Waals surface area contributed by atoms with Crippen LogP contribution in [0.2, 0.25) is 10.0 Å². The molecule has 6 nitrogen and oxygen atoms in total. The summed E-state index contributed by atoms with van der Waals surface area (Å²) >= 11 is 12.2. The maximum atomic E-state index is 14.5. The van der Waals surface area contributed by atoms with Gasteiger partial charge in [-0.2, -0.15) is 13.2 Å². The predicted molar refractivity (Wildman–Crippen MR) is 127 cm³/mol. The summed E-state index contributed by atoms with van der Waals surface area (Å²) in [4.78, 5) is 21.4. The van der Waals surface area contributed by atoms with E-state index in [1.165, 1.54) is 42.7 Å². The van der Waals surface area contributed by atoms with Crippen molar-refractivity contribution in [2.24, 2.45) is 0 Å². The van der Waals surface area contributed by atoms with Gasteiger partial charge < -0.3 is 14.1 Å². The first-order valence-electron chi connectivity index (χ1n) is 10.4. The number of phenolic OH excluding ortho intramolecular Hbond substituents is 1. The fourth-order valence-electron chi connectivity index (χ4n) is 3.98. The van der Waals surface area contributed by atoms with Crippen LogP contribution in [0.3, 0.4) is 0 Å². The molecule has 5 aromatic rings. The van der Waals surface area contributed by atoms with Gasteiger partial charge in [0.1, 0.15) is 11.4 Å². The van der Waals surface area contributed by atoms with E-state index in [9.17, 15) is 23.1 Å². The molecule has 182 valence electrons. The minimum Gasteiger partial charge on any atom is -0.508 e. The molecule has 0 saturated heterocycles. The van der Waals surface area contributed by atoms with Crippen LogP contribution in [0, 0.1) is 0 Å². The van der Waals surface area contributed by atoms with E-state index in [0.717, 1.165) is 16.8 Å². The average molecular weight is 532 g/mol. The van der Waals surface area contributed by atoms with Crippen molar-refractivity contribution in [3.63, 3.8) is 0 Å². The largest absolute Gasteiger partial charge is 0.508 e. The number of carbonyl (C=O) groups excluding carboxylic acids is 1. The van der Waals surface area contributed by atoms with Crippen LogP contribution < -0.4 is 0 Å². The van der Waals surface area contributed by atoms with Gasteiger partial charge in [-0.3, -0.25) is 9.78 Å². The summed E-state index contributed by atoms with van der Waals surface area (Å²) in [5.41, 5.74) is -1.01. The zero-order valence-electron chi connectivity index (χ0n) is 18.1. The lowest BCUT2D eigenvalue weighted by Crippen LogP contribution is -2.18. The van der Waals surface area contributed by atoms with Crippen molar-refractivity contribution in [1.29, 1.82) is 0 Å². The van der Waals surface area contributed by atoms with Gasteiger partial charge in [-0.05, 0) is 48.0 Å². The minimum atomic E-state index is -4.94. The van der Waals surface area contributed by atoms with Crippen LogP contribution in [-0.2, 0) is 12.7 Å². The molecule has 0 bridgehead atoms. The molecule has 3 heterocycles. The van der Waals surface area contributed by atoms with E-state index >= 15 is 0 Å². The SMILES string of the molecule is O=C(c1cnc(-c2cccnc2)o1)c1c(C(F)(F)F)n(Cc2ccc(Cl)cc2Cl)c2ccc(O)cc12. The molecule has 1 N–H and O–H groups in total. The summed E-state index contributed by atoms with van der Waals surface area (Å²) in [6, 6.07) is 11.4. The van der Waals surface area contributed by atoms with Gasteiger partial charge in [-0.15, -0.1) is 0 Å². The molecule has 0 aliphatic carbocycles. The summed E-state index contributed by atoms with van der Waals surface area (Å²) in [7, 11) is 0. The van der Waals surface area contributed by atoms with Gasteiger partial charge in [0.25, 0.3) is 0 Å². The second kappa shape index (κ2) is 9.00. The zero-order chi connectivity index (χ0) is 25.6. The number of halogens is 5. The van der Waals surface area contributed by atoms with Crippen molar-refractivity contribution in [2.75, 3.05) is 0 Å². The van der Waals surface area contributed by atoms with Crippen LogP contribution in [0.15, 0.2) is 71.5 Å². The van der Waals surface area contributed by atoms with Crippen molar-refractivity contribution in [3.8, 4) is 17.2 Å². The lowest BCUT2D eigenvalue weighted by molar-refractivity contribution is -0.143. The molecular formula is C25H14Cl2F3N3O3. The summed E-state index contributed by atoms with van der Waals surface area (Å²) in [5.74, 6) is -1.71. The Bertz CT molecular complexity index is 1610. The van der Waals surface area contributed by atoms with Gasteiger partial charge in [0.15, 0.2) is 5.76 Å². The Morgan fingerprint density at radius 3 is 2.58 bits per heavy atom. The van der Waals surface area contributed by atoms with Crippen molar-refractivity contribution in [1.82, 2.24) is 14.5 Å². The molecule has 0 saturated carbocycles. The zero-order valence-corrected chi connectivity index (χ0v) is 19.6. The van der Waals surface area contributed by atoms with E-state index in [1.54, 1.807) is 12.1 Å². The Labute approximate surface area is 211 Å². The molecule has 0 aliphatic heterocycles. The molecule has 0 amide bonds. The standard InChI is InChI=1S/C25H14Cl2F3N3O3/c26-15-4-3-14(18(27)8-15)12-33-19-6-5-16(34)9-17(19)21(23(33)25(28,29)30)22(35)20-11-32-24(36-20)13-2-1-7-31-10-13/h1-11,34H,12H2. The fourth-order valence-corrected chi connectivity index (χ4v) is 4.44. The third kappa shape index (κ3) is 4.31. The van der Waals surface area contributed by atoms with Gasteiger partial charge in [0.05, 0.1) is 17.3 Å². The highest BCUT2D eigenvalue weighted by atomic mass is 35.5. The number of hydrogen-bond donors (Lipinski definition) is 1. The summed E-state index contributed by atoms with van der Waals surface area (Å²) in [6.07, 6.45) is -0.902. The van der Waals surface area contributed by atoms with Gasteiger partial charge in [0.2, 0.25) is 11.7 Å². The van der Waals surface area contributed by atoms with Crippen LogP contribution in [0.1, 0.15) is 27.4 Å². The number of ketones is 1. The number of rotatable bonds is 5. The van der Waals surface area contributed by atoms with Crippen molar-refractivity contribution in [2.45, 2.75) is 12.7 Å². The molecule has 0 aliphatic rings. The Morgan fingerprint density at radius 1 is 1.08 bits per heavy atom. The second-order valence-corrected chi connectivity index (χ2v) is 8.69. The molecule has 2 aromatic carbocycles. The van der Waals surface area contributed by atoms with Crippen LogP contribution in [0.4, 0.5) is 13.2 Å². The van der Waals surface area contributed by atoms with Gasteiger partial charge in [-0.25, -0.2) is 4.98 Å². The Kier molecular flexibility index (Phi) is 5.97. The number of carbonyl (C=O) groups is 1. The maximum Gasteiger partial charge on any atom is 0.432 e. The maximum absolute atomic E-state index is 14.5. The average Bonchev–Trinajstić information content (AvgIpc) is 3.44. The van der Waals surface area contributed by atoms with E-state index in [0.29, 0.717) is 16.1 Å². The second-order valence-electron chi connectivity index (χ2n) is 7.85. The first kappa shape index (κ1) is 23.9. The molecule has 0 spiro atoms. The highest BCUT2D eigenvalue weighted by Gasteiger charge is 2.42. The number of phenols is 1. The summed E-state index contributed by atoms with van der Waals surface area (Å²) < 4.78 is 50.0. The number of alkyl halides is 3. The molecule has 0 unspecified atom stereocenters. The van der Waals surface area contributed by atoms with Gasteiger partial charge in [-0.1, -0.05) is 29.3 Å². The Morgan fingerprint density at radius 2 is 1.89 bits per heavy atom. The van der Waals surface area contributed by atoms with E-state index in [4.69, 9.17) is 27.6 Å². The fraction of sp³-hybridized carbons (Fsp3) is 0.0800. The van der Waals surface area contributed by atoms with E-state index in [-0.39, 0.29) is 34.1 Å². The van der Waals surface area contributed by atoms with E-state index < -0.39 is 29.0 Å². The number of aromatic hydroxyl groups is 1. The third-order valence-corrected chi connectivity index (χ3v) is 6.11. The Balaban J connectivity index is 1.71. The first-order valence-corrected chi connectivity index (χ1v) is 11.2. The number of hydrogen-bond acceptors (Lipinski definition) is 5. The molecule has 0 atom stereocenters. The molecule has 3 aromatic heterocycles. The molecule has 11 heteroatoms. The number of benzene rings is 2. The van der Waals surface area contributed by atoms with Gasteiger partial charge in [0, 0.05) is 39.9 Å². The number of aromatic nitrogens is 3. The molecule has 36 heavy (non-hydrogen) atoms. The van der Waals surface area contributed by atoms with Gasteiger partial charge >= 0.3 is 6.18 Å². The van der Waals surface area contributed by atoms with Crippen molar-refractivity contribution >= 4 is 39.9 Å². The van der Waals surface area contributed by atoms with Crippen molar-refractivity contribution in [3.05, 3.63) is 99.7 Å². The highest BCUT2D eigenvalue weighted by molar-refractivity contribution is 6.35. The predicted octanol–water partition coefficient (Wildman–Crippen LogP) is 7.00. The summed E-state index contributed by atoms with van der Waals surface area (Å²) in [6.45, 7) is -0.309. The Hall–Kier alpha value is -3.82. The van der Waals surface area contributed by atoms with Crippen LogP contribution in [0.25, 0.3) is 22.4 Å². The molecule has 0 fully saturated rings. The lowest BCUT2D eigenvalue weighted by atomic mass is 10.0. The highest BCUT2D eigenvalue weighted by Crippen LogP contribution is 2.41. The number of oxazole rings is 1. The normalized spacial score (nSPS) is 11.8. The summed E-state index contributed by atoms with van der Waals surface area (Å²) in [5, 5.41) is 10.4. The van der Waals surface area contributed by atoms with Crippen LogP contribution in [-0.4, -0.2) is 25.4 Å². The van der Waals surface area contributed by atoms with Crippen LogP contribution >= 0.6 is 23.2 Å². The van der Waals surface area contributed by atoms with Crippen molar-refractivity contribution < 1.29 is 27.5 Å². The first-order chi connectivity index (χ1) is 17.1. The quantitative estimate of drug-likeness (QED) is 0.247. The monoisotopic (exact) mass is 531 g/mol. The smallest absolute Gasteiger partial charge is 0.432 e. The number of fused-ring (bicyclic) bond motifs is 1. The molecule has 5 rings (SSSR count). The van der Waals surface area contributed by atoms with Crippen LogP contribution in [0.5, 0.6) is 5.75 Å². The molecule has 0 radical (unpaired) electrons. The number of pyridine rings is 1. The van der Waals surface area contributed by atoms with E-state index in [2.05, 4.69) is 9.97 Å². The molecular weight excluding hydrogens is 518 g/mol.